The Morgan fingerprint density at radius 1 is 1.61 bits per heavy atom. The van der Waals surface area contributed by atoms with Crippen molar-refractivity contribution >= 4 is 27.5 Å². The van der Waals surface area contributed by atoms with Gasteiger partial charge in [0.15, 0.2) is 12.6 Å². The number of anilines is 1. The molecule has 1 aromatic carbocycles. The second kappa shape index (κ2) is 6.53. The van der Waals surface area contributed by atoms with Crippen LogP contribution in [0.25, 0.3) is 0 Å². The topological polar surface area (TPSA) is 57.3 Å². The van der Waals surface area contributed by atoms with Crippen LogP contribution in [0.2, 0.25) is 0 Å². The van der Waals surface area contributed by atoms with Gasteiger partial charge in [-0.3, -0.25) is 4.79 Å². The zero-order valence-corrected chi connectivity index (χ0v) is 12.3. The minimum absolute atomic E-state index is 0.0833. The molecule has 2 N–H and O–H groups in total. The maximum Gasteiger partial charge on any atom is 0.279 e. The average molecular weight is 311 g/mol. The Hall–Kier alpha value is -1.38. The third kappa shape index (κ3) is 4.13. The van der Waals surface area contributed by atoms with Crippen molar-refractivity contribution in [3.8, 4) is 6.07 Å². The van der Waals surface area contributed by atoms with E-state index in [1.807, 2.05) is 32.2 Å². The van der Waals surface area contributed by atoms with Crippen molar-refractivity contribution in [3.63, 3.8) is 0 Å². The molecule has 0 aliphatic carbocycles. The number of aryl methyl sites for hydroxylation is 1. The van der Waals surface area contributed by atoms with E-state index in [1.54, 1.807) is 6.92 Å². The molecule has 1 amide bonds. The van der Waals surface area contributed by atoms with Gasteiger partial charge in [-0.25, -0.2) is 0 Å². The lowest BCUT2D eigenvalue weighted by Crippen LogP contribution is -3.13. The molecule has 4 nitrogen and oxygen atoms in total. The van der Waals surface area contributed by atoms with Gasteiger partial charge in [0.05, 0.1) is 7.05 Å². The second-order valence-corrected chi connectivity index (χ2v) is 5.30. The molecule has 1 unspecified atom stereocenters. The van der Waals surface area contributed by atoms with E-state index >= 15 is 0 Å². The first-order valence-electron chi connectivity index (χ1n) is 5.72. The Bertz CT molecular complexity index is 482. The van der Waals surface area contributed by atoms with Gasteiger partial charge in [0.2, 0.25) is 0 Å². The Kier molecular flexibility index (Phi) is 5.32. The van der Waals surface area contributed by atoms with Crippen molar-refractivity contribution in [1.29, 1.82) is 5.26 Å². The molecule has 18 heavy (non-hydrogen) atoms. The number of likely N-dealkylation sites (N-methyl/N-ethyl adjacent to an activating group) is 1. The number of nitrogens with zero attached hydrogens (tertiary/aromatic N) is 1. The first kappa shape index (κ1) is 14.7. The van der Waals surface area contributed by atoms with Crippen LogP contribution in [0.1, 0.15) is 12.5 Å². The van der Waals surface area contributed by atoms with E-state index in [4.69, 9.17) is 5.26 Å². The van der Waals surface area contributed by atoms with Crippen molar-refractivity contribution in [1.82, 2.24) is 0 Å². The molecule has 0 fully saturated rings. The molecular weight excluding hydrogens is 294 g/mol. The van der Waals surface area contributed by atoms with Gasteiger partial charge in [-0.1, -0.05) is 15.9 Å². The van der Waals surface area contributed by atoms with Gasteiger partial charge in [0.1, 0.15) is 6.07 Å². The number of amides is 1. The third-order valence-electron chi connectivity index (χ3n) is 2.83. The molecule has 0 radical (unpaired) electrons. The van der Waals surface area contributed by atoms with Crippen molar-refractivity contribution in [3.05, 3.63) is 28.2 Å². The summed E-state index contributed by atoms with van der Waals surface area (Å²) in [6, 6.07) is 7.63. The second-order valence-electron chi connectivity index (χ2n) is 4.38. The number of nitrogens with one attached hydrogen (secondary N) is 2. The fourth-order valence-corrected chi connectivity index (χ4v) is 1.95. The number of rotatable bonds is 4. The van der Waals surface area contributed by atoms with Gasteiger partial charge in [0, 0.05) is 17.1 Å². The molecule has 2 atom stereocenters. The van der Waals surface area contributed by atoms with Crippen LogP contribution in [-0.2, 0) is 4.79 Å². The summed E-state index contributed by atoms with van der Waals surface area (Å²) in [5.41, 5.74) is 1.81. The zero-order valence-electron chi connectivity index (χ0n) is 10.7. The van der Waals surface area contributed by atoms with Crippen LogP contribution in [0.4, 0.5) is 5.69 Å². The maximum atomic E-state index is 11.8. The van der Waals surface area contributed by atoms with E-state index in [0.717, 1.165) is 20.6 Å². The van der Waals surface area contributed by atoms with Crippen LogP contribution in [-0.4, -0.2) is 25.5 Å². The van der Waals surface area contributed by atoms with Crippen LogP contribution in [0.15, 0.2) is 22.7 Å². The zero-order chi connectivity index (χ0) is 13.7. The maximum absolute atomic E-state index is 11.8. The highest BCUT2D eigenvalue weighted by atomic mass is 79.9. The van der Waals surface area contributed by atoms with Crippen LogP contribution < -0.4 is 10.2 Å². The molecule has 96 valence electrons. The van der Waals surface area contributed by atoms with Gasteiger partial charge in [-0.2, -0.15) is 5.26 Å². The summed E-state index contributed by atoms with van der Waals surface area (Å²) in [5.74, 6) is -0.0833. The average Bonchev–Trinajstić information content (AvgIpc) is 2.31. The fraction of sp³-hybridized carbons (Fsp3) is 0.385. The Morgan fingerprint density at radius 2 is 2.28 bits per heavy atom. The Labute approximate surface area is 116 Å². The van der Waals surface area contributed by atoms with Gasteiger partial charge < -0.3 is 10.2 Å². The highest BCUT2D eigenvalue weighted by Crippen LogP contribution is 2.19. The van der Waals surface area contributed by atoms with E-state index in [2.05, 4.69) is 27.3 Å². The number of hydrogen-bond donors (Lipinski definition) is 2. The summed E-state index contributed by atoms with van der Waals surface area (Å²) in [4.78, 5) is 12.7. The predicted molar refractivity (Wildman–Crippen MR) is 74.3 cm³/mol. The van der Waals surface area contributed by atoms with Gasteiger partial charge >= 0.3 is 0 Å². The van der Waals surface area contributed by atoms with Gasteiger partial charge in [-0.15, -0.1) is 0 Å². The number of halogens is 1. The van der Waals surface area contributed by atoms with E-state index in [0.29, 0.717) is 0 Å². The number of carbonyl (C=O) groups is 1. The lowest BCUT2D eigenvalue weighted by atomic mass is 10.2. The van der Waals surface area contributed by atoms with Crippen molar-refractivity contribution in [2.24, 2.45) is 0 Å². The van der Waals surface area contributed by atoms with E-state index in [9.17, 15) is 4.79 Å². The molecule has 0 spiro atoms. The highest BCUT2D eigenvalue weighted by Gasteiger charge is 2.16. The summed E-state index contributed by atoms with van der Waals surface area (Å²) in [6.07, 6.45) is 0. The Balaban J connectivity index is 2.63. The summed E-state index contributed by atoms with van der Waals surface area (Å²) < 4.78 is 0.985. The summed E-state index contributed by atoms with van der Waals surface area (Å²) in [6.45, 7) is 4.02. The smallest absolute Gasteiger partial charge is 0.279 e. The molecular formula is C13H17BrN3O+. The van der Waals surface area contributed by atoms with Crippen molar-refractivity contribution < 1.29 is 9.69 Å². The van der Waals surface area contributed by atoms with E-state index < -0.39 is 0 Å². The van der Waals surface area contributed by atoms with E-state index in [-0.39, 0.29) is 18.5 Å². The van der Waals surface area contributed by atoms with Crippen LogP contribution in [0.3, 0.4) is 0 Å². The molecule has 0 aliphatic rings. The van der Waals surface area contributed by atoms with E-state index in [1.165, 1.54) is 0 Å². The summed E-state index contributed by atoms with van der Waals surface area (Å²) >= 11 is 3.38. The Morgan fingerprint density at radius 3 is 2.83 bits per heavy atom. The molecule has 1 aromatic rings. The molecule has 0 saturated carbocycles. The van der Waals surface area contributed by atoms with Crippen LogP contribution in [0.5, 0.6) is 0 Å². The molecule has 5 heteroatoms. The normalized spacial score (nSPS) is 13.5. The van der Waals surface area contributed by atoms with Crippen molar-refractivity contribution in [2.45, 2.75) is 19.9 Å². The number of carbonyl (C=O) groups excluding carboxylic acids is 1. The predicted octanol–water partition coefficient (Wildman–Crippen LogP) is 1.12. The monoisotopic (exact) mass is 310 g/mol. The molecule has 0 bridgehead atoms. The number of quaternary nitrogens is 1. The third-order valence-corrected chi connectivity index (χ3v) is 3.33. The van der Waals surface area contributed by atoms with Gasteiger partial charge in [0.25, 0.3) is 5.91 Å². The first-order valence-corrected chi connectivity index (χ1v) is 6.51. The number of benzene rings is 1. The lowest BCUT2D eigenvalue weighted by Gasteiger charge is -2.16. The van der Waals surface area contributed by atoms with Crippen LogP contribution in [0, 0.1) is 18.3 Å². The summed E-state index contributed by atoms with van der Waals surface area (Å²) in [5, 5.41) is 11.6. The minimum Gasteiger partial charge on any atom is -0.321 e. The van der Waals surface area contributed by atoms with Crippen molar-refractivity contribution in [2.75, 3.05) is 18.9 Å². The largest absolute Gasteiger partial charge is 0.321 e. The highest BCUT2D eigenvalue weighted by molar-refractivity contribution is 9.10. The standard InChI is InChI=1S/C13H16BrN3O/c1-9-6-11(14)4-5-12(9)16-13(18)8-17(3)10(2)7-15/h4-6,10H,8H2,1-3H3,(H,16,18)/p+1/t10-/m0/s1. The molecule has 0 aromatic heterocycles. The molecule has 0 aliphatic heterocycles. The quantitative estimate of drug-likeness (QED) is 0.875. The molecule has 0 saturated heterocycles. The number of nitriles is 1. The van der Waals surface area contributed by atoms with Gasteiger partial charge in [-0.05, 0) is 30.7 Å². The molecule has 1 rings (SSSR count). The SMILES string of the molecule is Cc1cc(Br)ccc1NC(=O)C[NH+](C)[C@@H](C)C#N. The number of hydrogen-bond acceptors (Lipinski definition) is 2. The summed E-state index contributed by atoms with van der Waals surface area (Å²) in [7, 11) is 1.84. The fourth-order valence-electron chi connectivity index (χ4n) is 1.48. The lowest BCUT2D eigenvalue weighted by molar-refractivity contribution is -0.886. The minimum atomic E-state index is -0.193. The van der Waals surface area contributed by atoms with Crippen LogP contribution >= 0.6 is 15.9 Å². The molecule has 0 heterocycles. The first-order chi connectivity index (χ1) is 8.43.